The zero-order valence-electron chi connectivity index (χ0n) is 13.9. The Bertz CT molecular complexity index is 426. The Kier molecular flexibility index (Phi) is 5.66. The van der Waals surface area contributed by atoms with Crippen molar-refractivity contribution in [1.29, 1.82) is 0 Å². The molecule has 2 rings (SSSR count). The third-order valence-corrected chi connectivity index (χ3v) is 7.92. The van der Waals surface area contributed by atoms with Crippen molar-refractivity contribution < 1.29 is 19.1 Å². The fourth-order valence-corrected chi connectivity index (χ4v) is 6.28. The van der Waals surface area contributed by atoms with Crippen LogP contribution in [0.4, 0.5) is 0 Å². The van der Waals surface area contributed by atoms with Gasteiger partial charge in [0.25, 0.3) is 0 Å². The number of hydrogen-bond donors (Lipinski definition) is 2. The van der Waals surface area contributed by atoms with Gasteiger partial charge in [0.05, 0.1) is 11.8 Å². The topological polar surface area (TPSA) is 75.6 Å². The Morgan fingerprint density at radius 2 is 1.86 bits per heavy atom. The molecule has 0 aromatic carbocycles. The van der Waals surface area contributed by atoms with E-state index in [1.54, 1.807) is 0 Å². The van der Waals surface area contributed by atoms with Gasteiger partial charge in [-0.2, -0.15) is 0 Å². The molecule has 4 unspecified atom stereocenters. The number of amides is 1. The highest BCUT2D eigenvalue weighted by Gasteiger charge is 2.53. The number of carboxylic acids is 1. The van der Waals surface area contributed by atoms with Crippen LogP contribution >= 0.6 is 0 Å². The Balaban J connectivity index is 1.79. The Hall–Kier alpha value is -0.883. The molecule has 0 heterocycles. The Morgan fingerprint density at radius 3 is 2.45 bits per heavy atom. The first-order valence-electron chi connectivity index (χ1n) is 8.50. The number of aliphatic carboxylic acids is 1. The smallest absolute Gasteiger partial charge is 0.307 e. The first kappa shape index (κ1) is 17.5. The standard InChI is InChI=1S/C16H29NO4Si/c1-4-21-22(2,3)9-5-8-17-15(18)13-11-6-7-12(10-11)14(13)16(19)20/h11-14H,4-10H2,1-3H3,(H,17,18)(H,19,20). The number of carbonyl (C=O) groups is 2. The molecule has 4 atom stereocenters. The van der Waals surface area contributed by atoms with Crippen LogP contribution in [0.2, 0.25) is 19.1 Å². The van der Waals surface area contributed by atoms with E-state index in [0.29, 0.717) is 6.54 Å². The normalized spacial score (nSPS) is 30.5. The second-order valence-corrected chi connectivity index (χ2v) is 11.6. The van der Waals surface area contributed by atoms with Gasteiger partial charge in [-0.15, -0.1) is 0 Å². The summed E-state index contributed by atoms with van der Waals surface area (Å²) < 4.78 is 5.77. The summed E-state index contributed by atoms with van der Waals surface area (Å²) in [7, 11) is -1.60. The molecule has 2 bridgehead atoms. The number of rotatable bonds is 8. The number of fused-ring (bicyclic) bond motifs is 2. The Morgan fingerprint density at radius 1 is 1.23 bits per heavy atom. The highest BCUT2D eigenvalue weighted by molar-refractivity contribution is 6.71. The van der Waals surface area contributed by atoms with Crippen molar-refractivity contribution in [3.63, 3.8) is 0 Å². The van der Waals surface area contributed by atoms with Crippen molar-refractivity contribution in [3.8, 4) is 0 Å². The molecule has 2 aliphatic carbocycles. The average Bonchev–Trinajstić information content (AvgIpc) is 3.03. The maximum atomic E-state index is 12.4. The highest BCUT2D eigenvalue weighted by Crippen LogP contribution is 2.52. The van der Waals surface area contributed by atoms with Crippen LogP contribution in [0.15, 0.2) is 0 Å². The van der Waals surface area contributed by atoms with Crippen molar-refractivity contribution in [1.82, 2.24) is 5.32 Å². The maximum Gasteiger partial charge on any atom is 0.307 e. The van der Waals surface area contributed by atoms with Gasteiger partial charge in [-0.05, 0) is 63.6 Å². The molecule has 0 saturated heterocycles. The van der Waals surface area contributed by atoms with Gasteiger partial charge in [0.2, 0.25) is 5.91 Å². The van der Waals surface area contributed by atoms with Crippen LogP contribution in [-0.4, -0.2) is 38.5 Å². The van der Waals surface area contributed by atoms with Gasteiger partial charge < -0.3 is 14.8 Å². The molecule has 126 valence electrons. The molecule has 6 heteroatoms. The third kappa shape index (κ3) is 3.90. The summed E-state index contributed by atoms with van der Waals surface area (Å²) in [5.74, 6) is -1.13. The molecule has 2 N–H and O–H groups in total. The molecule has 2 aliphatic rings. The summed E-state index contributed by atoms with van der Waals surface area (Å²) in [4.78, 5) is 23.9. The van der Waals surface area contributed by atoms with E-state index in [0.717, 1.165) is 38.3 Å². The van der Waals surface area contributed by atoms with E-state index in [9.17, 15) is 14.7 Å². The van der Waals surface area contributed by atoms with E-state index in [1.807, 2.05) is 6.92 Å². The van der Waals surface area contributed by atoms with Crippen LogP contribution in [0.25, 0.3) is 0 Å². The zero-order valence-corrected chi connectivity index (χ0v) is 14.9. The minimum absolute atomic E-state index is 0.0458. The summed E-state index contributed by atoms with van der Waals surface area (Å²) >= 11 is 0. The van der Waals surface area contributed by atoms with E-state index in [4.69, 9.17) is 4.43 Å². The van der Waals surface area contributed by atoms with Crippen molar-refractivity contribution in [2.45, 2.75) is 51.7 Å². The molecule has 2 saturated carbocycles. The molecular weight excluding hydrogens is 298 g/mol. The second kappa shape index (κ2) is 7.13. The largest absolute Gasteiger partial charge is 0.481 e. The molecule has 5 nitrogen and oxygen atoms in total. The van der Waals surface area contributed by atoms with Gasteiger partial charge in [-0.1, -0.05) is 0 Å². The lowest BCUT2D eigenvalue weighted by Crippen LogP contribution is -2.42. The summed E-state index contributed by atoms with van der Waals surface area (Å²) in [5, 5.41) is 12.4. The lowest BCUT2D eigenvalue weighted by atomic mass is 9.79. The second-order valence-electron chi connectivity index (χ2n) is 7.31. The van der Waals surface area contributed by atoms with E-state index in [-0.39, 0.29) is 23.7 Å². The first-order valence-corrected chi connectivity index (χ1v) is 11.6. The summed E-state index contributed by atoms with van der Waals surface area (Å²) in [6.07, 6.45) is 3.80. The average molecular weight is 327 g/mol. The lowest BCUT2D eigenvalue weighted by Gasteiger charge is -2.27. The van der Waals surface area contributed by atoms with E-state index < -0.39 is 20.2 Å². The van der Waals surface area contributed by atoms with E-state index in [2.05, 4.69) is 18.4 Å². The van der Waals surface area contributed by atoms with Gasteiger partial charge in [-0.25, -0.2) is 0 Å². The van der Waals surface area contributed by atoms with Crippen LogP contribution in [0.1, 0.15) is 32.6 Å². The predicted octanol–water partition coefficient (Wildman–Crippen LogP) is 2.48. The molecule has 2 fully saturated rings. The summed E-state index contributed by atoms with van der Waals surface area (Å²) in [6, 6.07) is 1.01. The van der Waals surface area contributed by atoms with Crippen LogP contribution in [-0.2, 0) is 14.0 Å². The fourth-order valence-electron chi connectivity index (χ4n) is 4.33. The van der Waals surface area contributed by atoms with E-state index >= 15 is 0 Å². The van der Waals surface area contributed by atoms with Gasteiger partial charge in [0.15, 0.2) is 8.32 Å². The number of nitrogens with one attached hydrogen (secondary N) is 1. The lowest BCUT2D eigenvalue weighted by molar-refractivity contribution is -0.149. The maximum absolute atomic E-state index is 12.4. The zero-order chi connectivity index (χ0) is 16.3. The van der Waals surface area contributed by atoms with Crippen LogP contribution < -0.4 is 5.32 Å². The minimum atomic E-state index is -1.60. The van der Waals surface area contributed by atoms with Crippen molar-refractivity contribution in [3.05, 3.63) is 0 Å². The third-order valence-electron chi connectivity index (χ3n) is 5.29. The van der Waals surface area contributed by atoms with Crippen molar-refractivity contribution >= 4 is 20.2 Å². The summed E-state index contributed by atoms with van der Waals surface area (Å²) in [6.45, 7) is 7.76. The van der Waals surface area contributed by atoms with Gasteiger partial charge in [0.1, 0.15) is 0 Å². The fraction of sp³-hybridized carbons (Fsp3) is 0.875. The molecular formula is C16H29NO4Si. The molecule has 0 aliphatic heterocycles. The quantitative estimate of drug-likeness (QED) is 0.530. The minimum Gasteiger partial charge on any atom is -0.481 e. The SMILES string of the molecule is CCO[Si](C)(C)CCCNC(=O)C1C2CCC(C2)C1C(=O)O. The monoisotopic (exact) mass is 327 g/mol. The number of carbonyl (C=O) groups excluding carboxylic acids is 1. The van der Waals surface area contributed by atoms with Crippen LogP contribution in [0.3, 0.4) is 0 Å². The van der Waals surface area contributed by atoms with Gasteiger partial charge >= 0.3 is 5.97 Å². The van der Waals surface area contributed by atoms with Crippen molar-refractivity contribution in [2.75, 3.05) is 13.2 Å². The molecule has 1 amide bonds. The Labute approximate surface area is 133 Å². The molecule has 22 heavy (non-hydrogen) atoms. The summed E-state index contributed by atoms with van der Waals surface area (Å²) in [5.41, 5.74) is 0. The molecule has 0 aromatic heterocycles. The van der Waals surface area contributed by atoms with Crippen molar-refractivity contribution in [2.24, 2.45) is 23.7 Å². The van der Waals surface area contributed by atoms with Crippen LogP contribution in [0, 0.1) is 23.7 Å². The highest BCUT2D eigenvalue weighted by atomic mass is 28.4. The van der Waals surface area contributed by atoms with Gasteiger partial charge in [0, 0.05) is 13.2 Å². The van der Waals surface area contributed by atoms with E-state index in [1.165, 1.54) is 0 Å². The molecule has 0 radical (unpaired) electrons. The molecule has 0 aromatic rings. The molecule has 0 spiro atoms. The number of hydrogen-bond acceptors (Lipinski definition) is 3. The predicted molar refractivity (Wildman–Crippen MR) is 87.0 cm³/mol. The number of carboxylic acid groups (broad SMARTS) is 1. The van der Waals surface area contributed by atoms with Gasteiger partial charge in [-0.3, -0.25) is 9.59 Å². The van der Waals surface area contributed by atoms with Crippen LogP contribution in [0.5, 0.6) is 0 Å². The first-order chi connectivity index (χ1) is 10.4.